The van der Waals surface area contributed by atoms with E-state index in [1.165, 1.54) is 27.4 Å². The van der Waals surface area contributed by atoms with Crippen molar-refractivity contribution in [1.29, 1.82) is 5.26 Å². The first-order chi connectivity index (χ1) is 14.1. The van der Waals surface area contributed by atoms with Crippen LogP contribution in [0.1, 0.15) is 11.1 Å². The lowest BCUT2D eigenvalue weighted by Crippen LogP contribution is -2.55. The molecule has 1 aromatic carbocycles. The zero-order valence-electron chi connectivity index (χ0n) is 16.4. The van der Waals surface area contributed by atoms with Gasteiger partial charge in [0.05, 0.1) is 34.4 Å². The Kier molecular flexibility index (Phi) is 6.19. The van der Waals surface area contributed by atoms with Crippen molar-refractivity contribution in [3.8, 4) is 29.2 Å². The first-order valence-corrected chi connectivity index (χ1v) is 8.88. The van der Waals surface area contributed by atoms with Gasteiger partial charge in [-0.3, -0.25) is 4.79 Å². The van der Waals surface area contributed by atoms with Crippen LogP contribution in [0, 0.1) is 11.3 Å². The fourth-order valence-electron chi connectivity index (χ4n) is 2.89. The Morgan fingerprint density at radius 3 is 2.48 bits per heavy atom. The van der Waals surface area contributed by atoms with Crippen LogP contribution in [0.25, 0.3) is 6.08 Å². The first-order valence-electron chi connectivity index (χ1n) is 8.88. The standard InChI is InChI=1S/C21H21N3O5/c1-26-17-9-14(10-18(27-2)20(17)28-3)6-7-19(25)24-12-16(13-24)29-21-15(11-22)5-4-8-23-21/h4-10,16H,12-13H2,1-3H3/b7-6+. The van der Waals surface area contributed by atoms with Crippen LogP contribution in [-0.2, 0) is 4.79 Å². The second-order valence-corrected chi connectivity index (χ2v) is 6.24. The fourth-order valence-corrected chi connectivity index (χ4v) is 2.89. The van der Waals surface area contributed by atoms with Gasteiger partial charge in [0.2, 0.25) is 17.5 Å². The van der Waals surface area contributed by atoms with Crippen molar-refractivity contribution < 1.29 is 23.7 Å². The van der Waals surface area contributed by atoms with Gasteiger partial charge in [-0.2, -0.15) is 5.26 Å². The lowest BCUT2D eigenvalue weighted by molar-refractivity contribution is -0.134. The average molecular weight is 395 g/mol. The third-order valence-corrected chi connectivity index (χ3v) is 4.44. The number of pyridine rings is 1. The molecule has 1 saturated heterocycles. The molecule has 1 amide bonds. The maximum absolute atomic E-state index is 12.4. The van der Waals surface area contributed by atoms with E-state index in [2.05, 4.69) is 4.98 Å². The van der Waals surface area contributed by atoms with E-state index in [1.54, 1.807) is 41.4 Å². The Balaban J connectivity index is 1.61. The largest absolute Gasteiger partial charge is 0.493 e. The fraction of sp³-hybridized carbons (Fsp3) is 0.286. The number of methoxy groups -OCH3 is 3. The Labute approximate surface area is 168 Å². The molecule has 29 heavy (non-hydrogen) atoms. The normalized spacial score (nSPS) is 13.5. The lowest BCUT2D eigenvalue weighted by Gasteiger charge is -2.38. The van der Waals surface area contributed by atoms with E-state index in [-0.39, 0.29) is 12.0 Å². The third-order valence-electron chi connectivity index (χ3n) is 4.44. The van der Waals surface area contributed by atoms with Crippen molar-refractivity contribution in [2.45, 2.75) is 6.10 Å². The van der Waals surface area contributed by atoms with Crippen molar-refractivity contribution in [2.24, 2.45) is 0 Å². The highest BCUT2D eigenvalue weighted by atomic mass is 16.5. The molecule has 1 fully saturated rings. The topological polar surface area (TPSA) is 93.9 Å². The van der Waals surface area contributed by atoms with Gasteiger partial charge in [-0.1, -0.05) is 0 Å². The number of nitriles is 1. The predicted molar refractivity (Wildman–Crippen MR) is 105 cm³/mol. The quantitative estimate of drug-likeness (QED) is 0.664. The minimum atomic E-state index is -0.185. The molecule has 0 saturated carbocycles. The molecular weight excluding hydrogens is 374 g/mol. The SMILES string of the molecule is COc1cc(/C=C/C(=O)N2CC(Oc3ncccc3C#N)C2)cc(OC)c1OC. The van der Waals surface area contributed by atoms with E-state index < -0.39 is 0 Å². The van der Waals surface area contributed by atoms with Crippen LogP contribution in [-0.4, -0.2) is 56.3 Å². The zero-order valence-corrected chi connectivity index (χ0v) is 16.4. The van der Waals surface area contributed by atoms with Crippen LogP contribution in [0.5, 0.6) is 23.1 Å². The Morgan fingerprint density at radius 2 is 1.90 bits per heavy atom. The van der Waals surface area contributed by atoms with Crippen molar-refractivity contribution >= 4 is 12.0 Å². The minimum Gasteiger partial charge on any atom is -0.493 e. The van der Waals surface area contributed by atoms with E-state index in [1.807, 2.05) is 6.07 Å². The molecule has 0 aliphatic carbocycles. The first kappa shape index (κ1) is 20.0. The van der Waals surface area contributed by atoms with Gasteiger partial charge in [0.25, 0.3) is 0 Å². The number of likely N-dealkylation sites (tertiary alicyclic amines) is 1. The van der Waals surface area contributed by atoms with Crippen LogP contribution in [0.4, 0.5) is 0 Å². The summed E-state index contributed by atoms with van der Waals surface area (Å²) in [5.74, 6) is 1.67. The summed E-state index contributed by atoms with van der Waals surface area (Å²) in [6.07, 6.45) is 4.56. The molecule has 1 aliphatic heterocycles. The maximum atomic E-state index is 12.4. The highest BCUT2D eigenvalue weighted by Gasteiger charge is 2.32. The number of aromatic nitrogens is 1. The van der Waals surface area contributed by atoms with Gasteiger partial charge >= 0.3 is 0 Å². The monoisotopic (exact) mass is 395 g/mol. The Hall–Kier alpha value is -3.73. The zero-order chi connectivity index (χ0) is 20.8. The molecule has 0 N–H and O–H groups in total. The van der Waals surface area contributed by atoms with Gasteiger partial charge in [-0.25, -0.2) is 4.98 Å². The number of carbonyl (C=O) groups excluding carboxylic acids is 1. The summed E-state index contributed by atoms with van der Waals surface area (Å²) in [6.45, 7) is 0.861. The summed E-state index contributed by atoms with van der Waals surface area (Å²) >= 11 is 0. The highest BCUT2D eigenvalue weighted by Crippen LogP contribution is 2.38. The minimum absolute atomic E-state index is 0.139. The smallest absolute Gasteiger partial charge is 0.246 e. The van der Waals surface area contributed by atoms with E-state index in [9.17, 15) is 4.79 Å². The second kappa shape index (κ2) is 8.97. The van der Waals surface area contributed by atoms with E-state index in [0.717, 1.165) is 5.56 Å². The molecule has 0 atom stereocenters. The molecule has 8 nitrogen and oxygen atoms in total. The summed E-state index contributed by atoms with van der Waals surface area (Å²) in [7, 11) is 4.61. The van der Waals surface area contributed by atoms with Gasteiger partial charge in [-0.15, -0.1) is 0 Å². The predicted octanol–water partition coefficient (Wildman–Crippen LogP) is 2.28. The molecule has 150 valence electrons. The van der Waals surface area contributed by atoms with Crippen LogP contribution in [0.2, 0.25) is 0 Å². The molecule has 3 rings (SSSR count). The van der Waals surface area contributed by atoms with Gasteiger partial charge in [0, 0.05) is 12.3 Å². The van der Waals surface area contributed by atoms with Crippen molar-refractivity contribution in [3.05, 3.63) is 47.7 Å². The highest BCUT2D eigenvalue weighted by molar-refractivity contribution is 5.92. The number of amides is 1. The molecule has 8 heteroatoms. The van der Waals surface area contributed by atoms with E-state index in [0.29, 0.717) is 41.8 Å². The van der Waals surface area contributed by atoms with Crippen molar-refractivity contribution in [2.75, 3.05) is 34.4 Å². The second-order valence-electron chi connectivity index (χ2n) is 6.24. The third kappa shape index (κ3) is 4.41. The number of benzene rings is 1. The van der Waals surface area contributed by atoms with Crippen LogP contribution in [0.3, 0.4) is 0 Å². The van der Waals surface area contributed by atoms with Crippen LogP contribution >= 0.6 is 0 Å². The molecule has 0 bridgehead atoms. The van der Waals surface area contributed by atoms with Gasteiger partial charge in [0.15, 0.2) is 11.5 Å². The number of carbonyl (C=O) groups is 1. The van der Waals surface area contributed by atoms with Gasteiger partial charge in [-0.05, 0) is 35.9 Å². The van der Waals surface area contributed by atoms with Crippen molar-refractivity contribution in [1.82, 2.24) is 9.88 Å². The summed E-state index contributed by atoms with van der Waals surface area (Å²) in [5.41, 5.74) is 1.12. The Bertz CT molecular complexity index is 936. The van der Waals surface area contributed by atoms with Gasteiger partial charge in [0.1, 0.15) is 17.7 Å². The summed E-state index contributed by atoms with van der Waals surface area (Å²) in [6, 6.07) is 8.88. The summed E-state index contributed by atoms with van der Waals surface area (Å²) in [4.78, 5) is 18.1. The van der Waals surface area contributed by atoms with E-state index in [4.69, 9.17) is 24.2 Å². The molecule has 0 unspecified atom stereocenters. The average Bonchev–Trinajstić information content (AvgIpc) is 2.73. The Morgan fingerprint density at radius 1 is 1.21 bits per heavy atom. The maximum Gasteiger partial charge on any atom is 0.246 e. The molecule has 2 aromatic rings. The number of nitrogens with zero attached hydrogens (tertiary/aromatic N) is 3. The molecule has 1 aromatic heterocycles. The number of ether oxygens (including phenoxy) is 4. The number of hydrogen-bond donors (Lipinski definition) is 0. The molecule has 0 spiro atoms. The molecule has 2 heterocycles. The molecule has 1 aliphatic rings. The van der Waals surface area contributed by atoms with E-state index >= 15 is 0 Å². The van der Waals surface area contributed by atoms with Crippen LogP contribution < -0.4 is 18.9 Å². The molecule has 0 radical (unpaired) electrons. The summed E-state index contributed by atoms with van der Waals surface area (Å²) in [5, 5.41) is 9.08. The van der Waals surface area contributed by atoms with Crippen LogP contribution in [0.15, 0.2) is 36.5 Å². The summed E-state index contributed by atoms with van der Waals surface area (Å²) < 4.78 is 21.6. The van der Waals surface area contributed by atoms with Crippen molar-refractivity contribution in [3.63, 3.8) is 0 Å². The lowest BCUT2D eigenvalue weighted by atomic mass is 10.1. The number of hydrogen-bond acceptors (Lipinski definition) is 7. The van der Waals surface area contributed by atoms with Gasteiger partial charge < -0.3 is 23.8 Å². The molecular formula is C21H21N3O5. The number of rotatable bonds is 7.